The Morgan fingerprint density at radius 1 is 0.571 bits per heavy atom. The third-order valence-corrected chi connectivity index (χ3v) is 4.51. The summed E-state index contributed by atoms with van der Waals surface area (Å²) in [6.07, 6.45) is 0. The van der Waals surface area contributed by atoms with Gasteiger partial charge in [0.2, 0.25) is 0 Å². The molecular formula is C24H28O4. The van der Waals surface area contributed by atoms with Crippen LogP contribution in [0.1, 0.15) is 58.4 Å². The van der Waals surface area contributed by atoms with E-state index in [4.69, 9.17) is 9.47 Å². The van der Waals surface area contributed by atoms with Crippen molar-refractivity contribution < 1.29 is 19.1 Å². The zero-order chi connectivity index (χ0) is 21.2. The summed E-state index contributed by atoms with van der Waals surface area (Å²) < 4.78 is 11.3. The summed E-state index contributed by atoms with van der Waals surface area (Å²) in [6.45, 7) is 14.6. The molecule has 0 saturated carbocycles. The number of aryl methyl sites for hydroxylation is 6. The molecule has 2 aromatic rings. The molecule has 0 amide bonds. The van der Waals surface area contributed by atoms with Crippen molar-refractivity contribution in [1.82, 2.24) is 0 Å². The summed E-state index contributed by atoms with van der Waals surface area (Å²) in [7, 11) is 0. The average molecular weight is 380 g/mol. The van der Waals surface area contributed by atoms with Crippen molar-refractivity contribution in [2.75, 3.05) is 0 Å². The van der Waals surface area contributed by atoms with E-state index in [1.807, 2.05) is 65.8 Å². The van der Waals surface area contributed by atoms with Gasteiger partial charge >= 0.3 is 11.9 Å². The van der Waals surface area contributed by atoms with Crippen molar-refractivity contribution in [2.24, 2.45) is 0 Å². The minimum absolute atomic E-state index is 0.271. The van der Waals surface area contributed by atoms with Gasteiger partial charge in [0, 0.05) is 25.0 Å². The van der Waals surface area contributed by atoms with E-state index in [0.717, 1.165) is 44.5 Å². The summed E-state index contributed by atoms with van der Waals surface area (Å²) in [6, 6.07) is 8.08. The first-order chi connectivity index (χ1) is 13.0. The molecule has 0 bridgehead atoms. The van der Waals surface area contributed by atoms with Gasteiger partial charge in [0.05, 0.1) is 0 Å². The molecule has 0 aliphatic carbocycles. The van der Waals surface area contributed by atoms with Gasteiger partial charge in [-0.3, -0.25) is 9.59 Å². The second-order valence-electron chi connectivity index (χ2n) is 7.39. The maximum Gasteiger partial charge on any atom is 0.308 e. The molecule has 148 valence electrons. The van der Waals surface area contributed by atoms with Gasteiger partial charge in [-0.25, -0.2) is 0 Å². The van der Waals surface area contributed by atoms with Crippen LogP contribution in [0, 0.1) is 41.5 Å². The Morgan fingerprint density at radius 2 is 0.821 bits per heavy atom. The highest BCUT2D eigenvalue weighted by atomic mass is 16.6. The highest BCUT2D eigenvalue weighted by Gasteiger charge is 2.24. The lowest BCUT2D eigenvalue weighted by molar-refractivity contribution is -0.136. The van der Waals surface area contributed by atoms with E-state index in [-0.39, 0.29) is 11.5 Å². The van der Waals surface area contributed by atoms with Gasteiger partial charge in [-0.05, 0) is 63.8 Å². The van der Waals surface area contributed by atoms with Crippen LogP contribution in [0.2, 0.25) is 0 Å². The molecular weight excluding hydrogens is 352 g/mol. The lowest BCUT2D eigenvalue weighted by Crippen LogP contribution is -2.11. The molecule has 2 rings (SSSR count). The van der Waals surface area contributed by atoms with E-state index in [1.54, 1.807) is 0 Å². The van der Waals surface area contributed by atoms with E-state index in [2.05, 4.69) is 0 Å². The number of carbonyl (C=O) groups excluding carboxylic acids is 2. The fourth-order valence-corrected chi connectivity index (χ4v) is 3.79. The Kier molecular flexibility index (Phi) is 6.45. The molecule has 0 saturated heterocycles. The Hall–Kier alpha value is -2.88. The second kappa shape index (κ2) is 8.42. The Bertz CT molecular complexity index is 855. The summed E-state index contributed by atoms with van der Waals surface area (Å²) in [5.41, 5.74) is 7.52. The number of carbonyl (C=O) groups is 2. The Labute approximate surface area is 167 Å². The number of hydrogen-bond acceptors (Lipinski definition) is 4. The van der Waals surface area contributed by atoms with E-state index in [1.165, 1.54) is 13.8 Å². The van der Waals surface area contributed by atoms with Crippen molar-refractivity contribution in [1.29, 1.82) is 0 Å². The van der Waals surface area contributed by atoms with Gasteiger partial charge in [-0.2, -0.15) is 0 Å². The van der Waals surface area contributed by atoms with E-state index in [0.29, 0.717) is 0 Å². The normalized spacial score (nSPS) is 11.7. The van der Waals surface area contributed by atoms with Crippen molar-refractivity contribution in [3.05, 3.63) is 68.8 Å². The minimum atomic E-state index is -0.471. The Morgan fingerprint density at radius 3 is 1.04 bits per heavy atom. The lowest BCUT2D eigenvalue weighted by atomic mass is 9.93. The number of ether oxygens (including phenoxy) is 2. The summed E-state index contributed by atoms with van der Waals surface area (Å²) >= 11 is 0. The van der Waals surface area contributed by atoms with Crippen LogP contribution in [0.25, 0.3) is 11.5 Å². The van der Waals surface area contributed by atoms with Crippen molar-refractivity contribution in [2.45, 2.75) is 55.4 Å². The third kappa shape index (κ3) is 4.69. The first-order valence-electron chi connectivity index (χ1n) is 9.28. The van der Waals surface area contributed by atoms with Crippen LogP contribution < -0.4 is 0 Å². The second-order valence-corrected chi connectivity index (χ2v) is 7.39. The van der Waals surface area contributed by atoms with Crippen LogP contribution in [0.15, 0.2) is 24.3 Å². The zero-order valence-electron chi connectivity index (χ0n) is 17.9. The average Bonchev–Trinajstić information content (AvgIpc) is 2.50. The predicted molar refractivity (Wildman–Crippen MR) is 112 cm³/mol. The molecule has 28 heavy (non-hydrogen) atoms. The largest absolute Gasteiger partial charge is 0.422 e. The zero-order valence-corrected chi connectivity index (χ0v) is 17.9. The SMILES string of the molecule is CC(=O)O/C(=C(\OC(C)=O)c1c(C)cc(C)cc1C)c1c(C)cc(C)cc1C. The monoisotopic (exact) mass is 380 g/mol. The number of rotatable bonds is 4. The molecule has 0 spiro atoms. The summed E-state index contributed by atoms with van der Waals surface area (Å²) in [5, 5.41) is 0. The van der Waals surface area contributed by atoms with Crippen molar-refractivity contribution in [3.8, 4) is 0 Å². The van der Waals surface area contributed by atoms with Crippen molar-refractivity contribution in [3.63, 3.8) is 0 Å². The van der Waals surface area contributed by atoms with E-state index < -0.39 is 11.9 Å². The van der Waals surface area contributed by atoms with Crippen LogP contribution in [-0.4, -0.2) is 11.9 Å². The molecule has 0 heterocycles. The first kappa shape index (κ1) is 21.4. The maximum atomic E-state index is 12.0. The first-order valence-corrected chi connectivity index (χ1v) is 9.28. The minimum Gasteiger partial charge on any atom is -0.422 e. The molecule has 4 nitrogen and oxygen atoms in total. The smallest absolute Gasteiger partial charge is 0.308 e. The molecule has 0 fully saturated rings. The van der Waals surface area contributed by atoms with Gasteiger partial charge in [-0.15, -0.1) is 0 Å². The maximum absolute atomic E-state index is 12.0. The van der Waals surface area contributed by atoms with Crippen LogP contribution in [0.4, 0.5) is 0 Å². The molecule has 0 aromatic heterocycles. The van der Waals surface area contributed by atoms with Crippen molar-refractivity contribution >= 4 is 23.5 Å². The predicted octanol–water partition coefficient (Wildman–Crippen LogP) is 5.49. The van der Waals surface area contributed by atoms with E-state index in [9.17, 15) is 9.59 Å². The molecule has 0 aliphatic heterocycles. The topological polar surface area (TPSA) is 52.6 Å². The van der Waals surface area contributed by atoms with Gasteiger partial charge in [-0.1, -0.05) is 35.4 Å². The highest BCUT2D eigenvalue weighted by Crippen LogP contribution is 2.36. The molecule has 2 aromatic carbocycles. The van der Waals surface area contributed by atoms with Crippen LogP contribution >= 0.6 is 0 Å². The summed E-state index contributed by atoms with van der Waals surface area (Å²) in [4.78, 5) is 23.9. The van der Waals surface area contributed by atoms with Gasteiger partial charge in [0.1, 0.15) is 0 Å². The molecule has 0 radical (unpaired) electrons. The van der Waals surface area contributed by atoms with Crippen LogP contribution in [0.3, 0.4) is 0 Å². The quantitative estimate of drug-likeness (QED) is 0.400. The van der Waals surface area contributed by atoms with E-state index >= 15 is 0 Å². The number of esters is 2. The molecule has 0 unspecified atom stereocenters. The van der Waals surface area contributed by atoms with Gasteiger partial charge in [0.15, 0.2) is 11.5 Å². The molecule has 4 heteroatoms. The molecule has 0 aliphatic rings. The lowest BCUT2D eigenvalue weighted by Gasteiger charge is -2.21. The number of hydrogen-bond donors (Lipinski definition) is 0. The molecule has 0 N–H and O–H groups in total. The Balaban J connectivity index is 2.97. The fourth-order valence-electron chi connectivity index (χ4n) is 3.79. The van der Waals surface area contributed by atoms with Gasteiger partial charge in [0.25, 0.3) is 0 Å². The standard InChI is InChI=1S/C24H28O4/c1-13-9-15(3)21(16(4)10-13)23(27-19(7)25)24(28-20(8)26)22-17(5)11-14(2)12-18(22)6/h9-12H,1-8H3/b24-23-. The molecule has 0 atom stereocenters. The highest BCUT2D eigenvalue weighted by molar-refractivity contribution is 5.95. The summed E-state index contributed by atoms with van der Waals surface area (Å²) in [5.74, 6) is -0.400. The number of benzene rings is 2. The van der Waals surface area contributed by atoms with Crippen LogP contribution in [-0.2, 0) is 19.1 Å². The van der Waals surface area contributed by atoms with Crippen LogP contribution in [0.5, 0.6) is 0 Å². The van der Waals surface area contributed by atoms with Gasteiger partial charge < -0.3 is 9.47 Å². The fraction of sp³-hybridized carbons (Fsp3) is 0.333. The third-order valence-electron chi connectivity index (χ3n) is 4.51.